The van der Waals surface area contributed by atoms with E-state index >= 15 is 0 Å². The lowest BCUT2D eigenvalue weighted by atomic mass is 10.0. The summed E-state index contributed by atoms with van der Waals surface area (Å²) >= 11 is 0. The van der Waals surface area contributed by atoms with E-state index in [2.05, 4.69) is 5.32 Å². The lowest BCUT2D eigenvalue weighted by Crippen LogP contribution is -2.36. The maximum absolute atomic E-state index is 12.7. The molecule has 2 aromatic rings. The SMILES string of the molecule is CCC(NC(=O)c1ccc(CS(=O)(=O)N2CCCCC2)cc1)c1ccc(C)cc1. The summed E-state index contributed by atoms with van der Waals surface area (Å²) in [6, 6.07) is 15.0. The number of carbonyl (C=O) groups is 1. The van der Waals surface area contributed by atoms with Crippen LogP contribution in [0.3, 0.4) is 0 Å². The van der Waals surface area contributed by atoms with E-state index in [0.29, 0.717) is 24.2 Å². The molecule has 3 rings (SSSR count). The first-order chi connectivity index (χ1) is 13.9. The molecule has 29 heavy (non-hydrogen) atoms. The van der Waals surface area contributed by atoms with Crippen LogP contribution in [0.15, 0.2) is 48.5 Å². The van der Waals surface area contributed by atoms with E-state index < -0.39 is 10.0 Å². The third kappa shape index (κ3) is 5.67. The van der Waals surface area contributed by atoms with Gasteiger partial charge in [0, 0.05) is 18.7 Å². The Labute approximate surface area is 174 Å². The van der Waals surface area contributed by atoms with E-state index in [-0.39, 0.29) is 17.7 Å². The Hall–Kier alpha value is -2.18. The van der Waals surface area contributed by atoms with Crippen LogP contribution in [0.5, 0.6) is 0 Å². The average Bonchev–Trinajstić information content (AvgIpc) is 2.73. The highest BCUT2D eigenvalue weighted by atomic mass is 32.2. The topological polar surface area (TPSA) is 66.5 Å². The Morgan fingerprint density at radius 3 is 2.21 bits per heavy atom. The molecule has 1 aliphatic heterocycles. The van der Waals surface area contributed by atoms with Gasteiger partial charge in [-0.1, -0.05) is 55.3 Å². The highest BCUT2D eigenvalue weighted by Crippen LogP contribution is 2.20. The van der Waals surface area contributed by atoms with E-state index in [1.54, 1.807) is 28.6 Å². The molecule has 0 aliphatic carbocycles. The van der Waals surface area contributed by atoms with E-state index in [0.717, 1.165) is 31.2 Å². The Morgan fingerprint density at radius 2 is 1.62 bits per heavy atom. The minimum absolute atomic E-state index is 0.0180. The van der Waals surface area contributed by atoms with Crippen molar-refractivity contribution in [2.45, 2.75) is 51.3 Å². The molecule has 156 valence electrons. The molecule has 1 N–H and O–H groups in total. The fraction of sp³-hybridized carbons (Fsp3) is 0.435. The molecular formula is C23H30N2O3S. The van der Waals surface area contributed by atoms with Gasteiger partial charge in [0.15, 0.2) is 0 Å². The second-order valence-corrected chi connectivity index (χ2v) is 9.73. The second-order valence-electron chi connectivity index (χ2n) is 7.76. The van der Waals surface area contributed by atoms with Gasteiger partial charge in [0.25, 0.3) is 5.91 Å². The smallest absolute Gasteiger partial charge is 0.251 e. The Balaban J connectivity index is 1.64. The predicted molar refractivity (Wildman–Crippen MR) is 116 cm³/mol. The average molecular weight is 415 g/mol. The number of nitrogens with one attached hydrogen (secondary N) is 1. The van der Waals surface area contributed by atoms with Crippen LogP contribution in [0.1, 0.15) is 65.7 Å². The zero-order valence-electron chi connectivity index (χ0n) is 17.2. The highest BCUT2D eigenvalue weighted by Gasteiger charge is 2.24. The molecule has 0 spiro atoms. The van der Waals surface area contributed by atoms with Gasteiger partial charge in [-0.3, -0.25) is 4.79 Å². The van der Waals surface area contributed by atoms with Gasteiger partial charge in [-0.05, 0) is 49.4 Å². The molecule has 0 saturated carbocycles. The number of hydrogen-bond acceptors (Lipinski definition) is 3. The molecule has 0 radical (unpaired) electrons. The fourth-order valence-electron chi connectivity index (χ4n) is 3.66. The van der Waals surface area contributed by atoms with Crippen molar-refractivity contribution in [2.24, 2.45) is 0 Å². The normalized spacial score (nSPS) is 16.3. The molecule has 0 bridgehead atoms. The molecule has 1 fully saturated rings. The Bertz CT molecular complexity index is 916. The van der Waals surface area contributed by atoms with Crippen molar-refractivity contribution in [3.63, 3.8) is 0 Å². The minimum atomic E-state index is -3.30. The summed E-state index contributed by atoms with van der Waals surface area (Å²) in [6.07, 6.45) is 3.74. The Kier molecular flexibility index (Phi) is 7.09. The molecular weight excluding hydrogens is 384 g/mol. The van der Waals surface area contributed by atoms with Gasteiger partial charge in [-0.2, -0.15) is 0 Å². The van der Waals surface area contributed by atoms with Gasteiger partial charge >= 0.3 is 0 Å². The lowest BCUT2D eigenvalue weighted by molar-refractivity contribution is 0.0935. The number of aryl methyl sites for hydroxylation is 1. The van der Waals surface area contributed by atoms with Crippen LogP contribution in [-0.4, -0.2) is 31.7 Å². The molecule has 2 aromatic carbocycles. The fourth-order valence-corrected chi connectivity index (χ4v) is 5.27. The number of benzene rings is 2. The standard InChI is InChI=1S/C23H30N2O3S/c1-3-22(20-11-7-18(2)8-12-20)24-23(26)21-13-9-19(10-14-21)17-29(27,28)25-15-5-4-6-16-25/h7-14,22H,3-6,15-17H2,1-2H3,(H,24,26). The molecule has 1 aliphatic rings. The molecule has 5 nitrogen and oxygen atoms in total. The zero-order valence-corrected chi connectivity index (χ0v) is 18.0. The third-order valence-corrected chi connectivity index (χ3v) is 7.32. The van der Waals surface area contributed by atoms with Crippen LogP contribution >= 0.6 is 0 Å². The van der Waals surface area contributed by atoms with Crippen LogP contribution < -0.4 is 5.32 Å². The van der Waals surface area contributed by atoms with Crippen molar-refractivity contribution in [2.75, 3.05) is 13.1 Å². The molecule has 1 atom stereocenters. The third-order valence-electron chi connectivity index (χ3n) is 5.47. The van der Waals surface area contributed by atoms with Gasteiger partial charge in [-0.15, -0.1) is 0 Å². The van der Waals surface area contributed by atoms with E-state index in [9.17, 15) is 13.2 Å². The first-order valence-electron chi connectivity index (χ1n) is 10.3. The van der Waals surface area contributed by atoms with Crippen molar-refractivity contribution in [1.82, 2.24) is 9.62 Å². The monoisotopic (exact) mass is 414 g/mol. The Morgan fingerprint density at radius 1 is 1.00 bits per heavy atom. The molecule has 0 aromatic heterocycles. The summed E-state index contributed by atoms with van der Waals surface area (Å²) in [7, 11) is -3.30. The summed E-state index contributed by atoms with van der Waals surface area (Å²) in [6.45, 7) is 5.30. The maximum atomic E-state index is 12.7. The van der Waals surface area contributed by atoms with E-state index in [1.165, 1.54) is 5.56 Å². The zero-order chi connectivity index (χ0) is 20.9. The van der Waals surface area contributed by atoms with Gasteiger partial charge in [0.1, 0.15) is 0 Å². The molecule has 1 heterocycles. The van der Waals surface area contributed by atoms with Crippen LogP contribution in [-0.2, 0) is 15.8 Å². The summed E-state index contributed by atoms with van der Waals surface area (Å²) in [4.78, 5) is 12.7. The first kappa shape index (κ1) is 21.5. The van der Waals surface area contributed by atoms with Crippen molar-refractivity contribution >= 4 is 15.9 Å². The van der Waals surface area contributed by atoms with Crippen molar-refractivity contribution < 1.29 is 13.2 Å². The van der Waals surface area contributed by atoms with Crippen LogP contribution in [0, 0.1) is 6.92 Å². The number of sulfonamides is 1. The number of rotatable bonds is 7. The van der Waals surface area contributed by atoms with Crippen LogP contribution in [0.2, 0.25) is 0 Å². The summed E-state index contributed by atoms with van der Waals surface area (Å²) in [5, 5.41) is 3.07. The largest absolute Gasteiger partial charge is 0.345 e. The molecule has 1 amide bonds. The highest BCUT2D eigenvalue weighted by molar-refractivity contribution is 7.88. The van der Waals surface area contributed by atoms with Gasteiger partial charge < -0.3 is 5.32 Å². The molecule has 1 saturated heterocycles. The predicted octanol–water partition coefficient (Wildman–Crippen LogP) is 4.19. The minimum Gasteiger partial charge on any atom is -0.345 e. The number of piperidine rings is 1. The van der Waals surface area contributed by atoms with Crippen LogP contribution in [0.25, 0.3) is 0 Å². The van der Waals surface area contributed by atoms with E-state index in [1.807, 2.05) is 38.1 Å². The van der Waals surface area contributed by atoms with Gasteiger partial charge in [0.05, 0.1) is 11.8 Å². The number of amides is 1. The van der Waals surface area contributed by atoms with E-state index in [4.69, 9.17) is 0 Å². The first-order valence-corrected chi connectivity index (χ1v) is 11.9. The molecule has 6 heteroatoms. The molecule has 1 unspecified atom stereocenters. The second kappa shape index (κ2) is 9.55. The van der Waals surface area contributed by atoms with Gasteiger partial charge in [-0.25, -0.2) is 12.7 Å². The van der Waals surface area contributed by atoms with Crippen molar-refractivity contribution in [1.29, 1.82) is 0 Å². The summed E-state index contributed by atoms with van der Waals surface area (Å²) in [5.41, 5.74) is 3.51. The summed E-state index contributed by atoms with van der Waals surface area (Å²) in [5.74, 6) is -0.168. The van der Waals surface area contributed by atoms with Gasteiger partial charge in [0.2, 0.25) is 10.0 Å². The van der Waals surface area contributed by atoms with Crippen molar-refractivity contribution in [3.8, 4) is 0 Å². The summed E-state index contributed by atoms with van der Waals surface area (Å²) < 4.78 is 26.8. The maximum Gasteiger partial charge on any atom is 0.251 e. The number of hydrogen-bond donors (Lipinski definition) is 1. The van der Waals surface area contributed by atoms with Crippen LogP contribution in [0.4, 0.5) is 0 Å². The van der Waals surface area contributed by atoms with Crippen molar-refractivity contribution in [3.05, 3.63) is 70.8 Å². The number of nitrogens with zero attached hydrogens (tertiary/aromatic N) is 1. The number of carbonyl (C=O) groups excluding carboxylic acids is 1. The quantitative estimate of drug-likeness (QED) is 0.739. The lowest BCUT2D eigenvalue weighted by Gasteiger charge is -2.25.